The van der Waals surface area contributed by atoms with Crippen LogP contribution in [-0.2, 0) is 0 Å². The number of hydrogen-bond acceptors (Lipinski definition) is 4. The zero-order chi connectivity index (χ0) is 13.3. The number of rotatable bonds is 2. The fourth-order valence-corrected chi connectivity index (χ4v) is 2.69. The second-order valence-electron chi connectivity index (χ2n) is 5.27. The number of halogens is 2. The molecule has 3 rings (SSSR count). The molecule has 4 nitrogen and oxygen atoms in total. The van der Waals surface area contributed by atoms with Crippen molar-refractivity contribution >= 4 is 11.6 Å². The number of hydrogen-bond donors (Lipinski definition) is 0. The van der Waals surface area contributed by atoms with E-state index in [-0.39, 0.29) is 12.8 Å². The molecule has 0 spiro atoms. The fraction of sp³-hybridized carbons (Fsp3) is 0.692. The van der Waals surface area contributed by atoms with Gasteiger partial charge in [0, 0.05) is 45.1 Å². The van der Waals surface area contributed by atoms with E-state index in [0.717, 1.165) is 24.7 Å². The molecular formula is C13H18F2N4. The Balaban J connectivity index is 1.72. The maximum Gasteiger partial charge on any atom is 0.251 e. The summed E-state index contributed by atoms with van der Waals surface area (Å²) in [4.78, 5) is 12.7. The van der Waals surface area contributed by atoms with Crippen molar-refractivity contribution in [2.24, 2.45) is 0 Å². The second-order valence-corrected chi connectivity index (χ2v) is 5.27. The van der Waals surface area contributed by atoms with Crippen molar-refractivity contribution in [2.45, 2.75) is 31.6 Å². The molecule has 1 aromatic rings. The van der Waals surface area contributed by atoms with Crippen LogP contribution in [0.2, 0.25) is 0 Å². The Morgan fingerprint density at radius 2 is 1.42 bits per heavy atom. The van der Waals surface area contributed by atoms with Gasteiger partial charge in [-0.2, -0.15) is 0 Å². The summed E-state index contributed by atoms with van der Waals surface area (Å²) < 4.78 is 26.3. The van der Waals surface area contributed by atoms with Crippen molar-refractivity contribution in [3.8, 4) is 0 Å². The van der Waals surface area contributed by atoms with Crippen LogP contribution in [0.3, 0.4) is 0 Å². The molecule has 0 bridgehead atoms. The zero-order valence-corrected chi connectivity index (χ0v) is 10.9. The summed E-state index contributed by atoms with van der Waals surface area (Å²) in [6.07, 6.45) is 3.74. The van der Waals surface area contributed by atoms with Crippen LogP contribution in [0.25, 0.3) is 0 Å². The average Bonchev–Trinajstić information content (AvgIpc) is 2.93. The SMILES string of the molecule is FC1(F)CCN(c2cc(N3CCCC3)ncn2)CC1. The first-order chi connectivity index (χ1) is 9.14. The maximum absolute atomic E-state index is 13.2. The van der Waals surface area contributed by atoms with Crippen LogP contribution in [-0.4, -0.2) is 42.1 Å². The van der Waals surface area contributed by atoms with Gasteiger partial charge in [0.1, 0.15) is 18.0 Å². The summed E-state index contributed by atoms with van der Waals surface area (Å²) in [6.45, 7) is 2.77. The predicted octanol–water partition coefficient (Wildman–Crippen LogP) is 2.31. The summed E-state index contributed by atoms with van der Waals surface area (Å²) in [6, 6.07) is 1.93. The Hall–Kier alpha value is -1.46. The van der Waals surface area contributed by atoms with E-state index >= 15 is 0 Å². The van der Waals surface area contributed by atoms with Crippen molar-refractivity contribution < 1.29 is 8.78 Å². The first-order valence-electron chi connectivity index (χ1n) is 6.84. The van der Waals surface area contributed by atoms with Crippen LogP contribution >= 0.6 is 0 Å². The molecule has 2 fully saturated rings. The number of nitrogens with zero attached hydrogens (tertiary/aromatic N) is 4. The summed E-state index contributed by atoms with van der Waals surface area (Å²) in [5.74, 6) is -0.825. The lowest BCUT2D eigenvalue weighted by molar-refractivity contribution is -0.0221. The smallest absolute Gasteiger partial charge is 0.251 e. The molecule has 0 aliphatic carbocycles. The summed E-state index contributed by atoms with van der Waals surface area (Å²) in [7, 11) is 0. The van der Waals surface area contributed by atoms with E-state index in [1.54, 1.807) is 0 Å². The third-order valence-corrected chi connectivity index (χ3v) is 3.89. The highest BCUT2D eigenvalue weighted by atomic mass is 19.3. The molecule has 6 heteroatoms. The van der Waals surface area contributed by atoms with E-state index in [9.17, 15) is 8.78 Å². The van der Waals surface area contributed by atoms with E-state index in [2.05, 4.69) is 14.9 Å². The molecule has 2 aliphatic heterocycles. The minimum Gasteiger partial charge on any atom is -0.356 e. The standard InChI is InChI=1S/C13H18F2N4/c14-13(15)3-7-19(8-4-13)12-9-11(16-10-17-12)18-5-1-2-6-18/h9-10H,1-8H2. The molecule has 0 atom stereocenters. The number of anilines is 2. The minimum absolute atomic E-state index is 0.0873. The molecule has 19 heavy (non-hydrogen) atoms. The molecule has 1 aromatic heterocycles. The van der Waals surface area contributed by atoms with Crippen molar-refractivity contribution in [2.75, 3.05) is 36.0 Å². The van der Waals surface area contributed by atoms with E-state index < -0.39 is 5.92 Å². The van der Waals surface area contributed by atoms with Crippen LogP contribution < -0.4 is 9.80 Å². The van der Waals surface area contributed by atoms with E-state index in [4.69, 9.17) is 0 Å². The fourth-order valence-electron chi connectivity index (χ4n) is 2.69. The van der Waals surface area contributed by atoms with Gasteiger partial charge in [-0.3, -0.25) is 0 Å². The number of aromatic nitrogens is 2. The van der Waals surface area contributed by atoms with Crippen LogP contribution in [0.15, 0.2) is 12.4 Å². The van der Waals surface area contributed by atoms with Gasteiger partial charge < -0.3 is 9.80 Å². The van der Waals surface area contributed by atoms with E-state index in [1.807, 2.05) is 11.0 Å². The monoisotopic (exact) mass is 268 g/mol. The first kappa shape index (κ1) is 12.6. The average molecular weight is 268 g/mol. The molecule has 0 unspecified atom stereocenters. The van der Waals surface area contributed by atoms with Gasteiger partial charge in [-0.1, -0.05) is 0 Å². The van der Waals surface area contributed by atoms with Gasteiger partial charge in [-0.25, -0.2) is 18.7 Å². The molecular weight excluding hydrogens is 250 g/mol. The quantitative estimate of drug-likeness (QED) is 0.824. The normalized spacial score (nSPS) is 22.8. The van der Waals surface area contributed by atoms with Crippen molar-refractivity contribution in [1.29, 1.82) is 0 Å². The van der Waals surface area contributed by atoms with Gasteiger partial charge in [0.05, 0.1) is 0 Å². The van der Waals surface area contributed by atoms with E-state index in [0.29, 0.717) is 13.1 Å². The molecule has 0 amide bonds. The molecule has 0 N–H and O–H groups in total. The molecule has 3 heterocycles. The Bertz CT molecular complexity index is 436. The Kier molecular flexibility index (Phi) is 3.24. The van der Waals surface area contributed by atoms with Crippen LogP contribution in [0.1, 0.15) is 25.7 Å². The number of alkyl halides is 2. The van der Waals surface area contributed by atoms with Gasteiger partial charge in [0.25, 0.3) is 5.92 Å². The van der Waals surface area contributed by atoms with Crippen molar-refractivity contribution in [3.05, 3.63) is 12.4 Å². The summed E-state index contributed by atoms with van der Waals surface area (Å²) in [5, 5.41) is 0. The molecule has 0 saturated carbocycles. The van der Waals surface area contributed by atoms with E-state index in [1.165, 1.54) is 19.2 Å². The Morgan fingerprint density at radius 3 is 2.00 bits per heavy atom. The highest BCUT2D eigenvalue weighted by molar-refractivity contribution is 5.50. The third kappa shape index (κ3) is 2.77. The summed E-state index contributed by atoms with van der Waals surface area (Å²) >= 11 is 0. The molecule has 0 radical (unpaired) electrons. The van der Waals surface area contributed by atoms with Crippen LogP contribution in [0, 0.1) is 0 Å². The lowest BCUT2D eigenvalue weighted by atomic mass is 10.1. The Labute approximate surface area is 111 Å². The number of piperidine rings is 1. The highest BCUT2D eigenvalue weighted by Crippen LogP contribution is 2.30. The largest absolute Gasteiger partial charge is 0.356 e. The topological polar surface area (TPSA) is 32.3 Å². The maximum atomic E-state index is 13.2. The summed E-state index contributed by atoms with van der Waals surface area (Å²) in [5.41, 5.74) is 0. The van der Waals surface area contributed by atoms with Crippen molar-refractivity contribution in [1.82, 2.24) is 9.97 Å². The van der Waals surface area contributed by atoms with Gasteiger partial charge in [0.2, 0.25) is 0 Å². The predicted molar refractivity (Wildman–Crippen MR) is 69.9 cm³/mol. The van der Waals surface area contributed by atoms with Gasteiger partial charge >= 0.3 is 0 Å². The zero-order valence-electron chi connectivity index (χ0n) is 10.9. The van der Waals surface area contributed by atoms with Crippen LogP contribution in [0.4, 0.5) is 20.4 Å². The third-order valence-electron chi connectivity index (χ3n) is 3.89. The molecule has 0 aromatic carbocycles. The molecule has 2 aliphatic rings. The lowest BCUT2D eigenvalue weighted by Crippen LogP contribution is -2.39. The van der Waals surface area contributed by atoms with Crippen LogP contribution in [0.5, 0.6) is 0 Å². The van der Waals surface area contributed by atoms with Crippen molar-refractivity contribution in [3.63, 3.8) is 0 Å². The highest BCUT2D eigenvalue weighted by Gasteiger charge is 2.34. The molecule has 104 valence electrons. The minimum atomic E-state index is -2.51. The van der Waals surface area contributed by atoms with Gasteiger partial charge in [-0.05, 0) is 12.8 Å². The lowest BCUT2D eigenvalue weighted by Gasteiger charge is -2.32. The Morgan fingerprint density at radius 1 is 0.895 bits per heavy atom. The second kappa shape index (κ2) is 4.90. The first-order valence-corrected chi connectivity index (χ1v) is 6.84. The van der Waals surface area contributed by atoms with Gasteiger partial charge in [0.15, 0.2) is 0 Å². The molecule has 2 saturated heterocycles. The van der Waals surface area contributed by atoms with Gasteiger partial charge in [-0.15, -0.1) is 0 Å².